The summed E-state index contributed by atoms with van der Waals surface area (Å²) in [5, 5.41) is 8.70. The largest absolute Gasteiger partial charge is 0.385 e. The Bertz CT molecular complexity index is 138. The first-order valence-electron chi connectivity index (χ1n) is 2.46. The van der Waals surface area contributed by atoms with Gasteiger partial charge in [0, 0.05) is 0 Å². The van der Waals surface area contributed by atoms with E-state index in [4.69, 9.17) is 17.4 Å². The van der Waals surface area contributed by atoms with Gasteiger partial charge in [-0.1, -0.05) is 0 Å². The summed E-state index contributed by atoms with van der Waals surface area (Å²) in [6, 6.07) is 0. The zero-order valence-corrected chi connectivity index (χ0v) is 4.87. The Morgan fingerprint density at radius 1 is 1.89 bits per heavy atom. The fraction of sp³-hybridized carbons (Fsp3) is 0.600. The molecule has 0 aromatic rings. The van der Waals surface area contributed by atoms with Gasteiger partial charge in [-0.3, -0.25) is 4.79 Å². The van der Waals surface area contributed by atoms with Gasteiger partial charge in [-0.15, -0.1) is 0 Å². The van der Waals surface area contributed by atoms with Crippen LogP contribution in [0.15, 0.2) is 0 Å². The zero-order valence-electron chi connectivity index (χ0n) is 4.87. The summed E-state index contributed by atoms with van der Waals surface area (Å²) in [7, 11) is 0. The molecule has 0 heterocycles. The number of carbonyl (C=O) groups excluding carboxylic acids is 1. The fourth-order valence-electron chi connectivity index (χ4n) is 0.402. The van der Waals surface area contributed by atoms with Crippen LogP contribution in [0.3, 0.4) is 0 Å². The maximum atomic E-state index is 10.0. The third-order valence-electron chi connectivity index (χ3n) is 0.739. The second-order valence-corrected chi connectivity index (χ2v) is 1.66. The van der Waals surface area contributed by atoms with Crippen molar-refractivity contribution < 1.29 is 9.90 Å². The average molecular weight is 128 g/mol. The Balaban J connectivity index is 3.40. The Labute approximate surface area is 53.1 Å². The molecule has 0 spiro atoms. The molecule has 4 nitrogen and oxygen atoms in total. The van der Waals surface area contributed by atoms with Crippen LogP contribution in [-0.2, 0) is 4.79 Å². The summed E-state index contributed by atoms with van der Waals surface area (Å²) in [6.45, 7) is 6.24. The van der Waals surface area contributed by atoms with Gasteiger partial charge in [0.15, 0.2) is 0 Å². The molecule has 0 saturated heterocycles. The van der Waals surface area contributed by atoms with Crippen molar-refractivity contribution in [3.63, 3.8) is 0 Å². The molecule has 0 bridgehead atoms. The van der Waals surface area contributed by atoms with Gasteiger partial charge < -0.3 is 15.7 Å². The number of amides is 1. The predicted octanol–water partition coefficient (Wildman–Crippen LogP) is -0.858. The summed E-state index contributed by atoms with van der Waals surface area (Å²) < 4.78 is 0. The molecule has 0 aromatic heterocycles. The summed E-state index contributed by atoms with van der Waals surface area (Å²) in [5.74, 6) is -0.578. The van der Waals surface area contributed by atoms with Gasteiger partial charge in [-0.25, -0.2) is 6.57 Å². The van der Waals surface area contributed by atoms with Crippen molar-refractivity contribution in [3.05, 3.63) is 11.4 Å². The smallest absolute Gasteiger partial charge is 0.240 e. The van der Waals surface area contributed by atoms with Crippen LogP contribution in [-0.4, -0.2) is 23.7 Å². The van der Waals surface area contributed by atoms with E-state index in [-0.39, 0.29) is 13.0 Å². The number of nitrogens with zero attached hydrogens (tertiary/aromatic N) is 1. The standard InChI is InChI=1S/C5H8N2O2/c1-7-3-4(8)2-5(6)9/h4,8H,2-3H2,(H2,6,9). The highest BCUT2D eigenvalue weighted by Crippen LogP contribution is 1.89. The maximum Gasteiger partial charge on any atom is 0.240 e. The van der Waals surface area contributed by atoms with E-state index in [1.807, 2.05) is 0 Å². The Morgan fingerprint density at radius 3 is 2.78 bits per heavy atom. The lowest BCUT2D eigenvalue weighted by Gasteiger charge is -1.96. The van der Waals surface area contributed by atoms with Gasteiger partial charge in [0.05, 0.1) is 6.42 Å². The minimum Gasteiger partial charge on any atom is -0.385 e. The van der Waals surface area contributed by atoms with E-state index in [0.717, 1.165) is 0 Å². The minimum absolute atomic E-state index is 0.0526. The Hall–Kier alpha value is -1.08. The molecular formula is C5H8N2O2. The molecule has 0 aliphatic rings. The van der Waals surface area contributed by atoms with Crippen LogP contribution in [0.2, 0.25) is 0 Å². The number of aliphatic hydroxyl groups excluding tert-OH is 1. The third kappa shape index (κ3) is 4.78. The van der Waals surface area contributed by atoms with Crippen molar-refractivity contribution in [2.45, 2.75) is 12.5 Å². The van der Waals surface area contributed by atoms with Crippen molar-refractivity contribution in [1.82, 2.24) is 0 Å². The molecule has 50 valence electrons. The number of primary amides is 1. The number of aliphatic hydroxyl groups is 1. The average Bonchev–Trinajstić information content (AvgIpc) is 1.63. The zero-order chi connectivity index (χ0) is 7.28. The quantitative estimate of drug-likeness (QED) is 0.486. The Morgan fingerprint density at radius 2 is 2.44 bits per heavy atom. The van der Waals surface area contributed by atoms with Gasteiger partial charge in [0.1, 0.15) is 6.10 Å². The van der Waals surface area contributed by atoms with E-state index in [1.54, 1.807) is 0 Å². The molecule has 0 saturated carbocycles. The van der Waals surface area contributed by atoms with Crippen molar-refractivity contribution in [2.75, 3.05) is 6.54 Å². The van der Waals surface area contributed by atoms with Crippen LogP contribution in [0, 0.1) is 6.57 Å². The number of hydrogen-bond acceptors (Lipinski definition) is 2. The summed E-state index contributed by atoms with van der Waals surface area (Å²) in [4.78, 5) is 12.9. The molecule has 0 fully saturated rings. The van der Waals surface area contributed by atoms with Gasteiger partial charge in [-0.05, 0) is 0 Å². The lowest BCUT2D eigenvalue weighted by molar-refractivity contribution is -0.119. The highest BCUT2D eigenvalue weighted by atomic mass is 16.3. The molecule has 0 radical (unpaired) electrons. The first-order valence-corrected chi connectivity index (χ1v) is 2.46. The molecule has 1 amide bonds. The van der Waals surface area contributed by atoms with Gasteiger partial charge >= 0.3 is 0 Å². The van der Waals surface area contributed by atoms with Crippen LogP contribution < -0.4 is 5.73 Å². The van der Waals surface area contributed by atoms with Crippen LogP contribution in [0.1, 0.15) is 6.42 Å². The van der Waals surface area contributed by atoms with Crippen LogP contribution in [0.25, 0.3) is 4.85 Å². The maximum absolute atomic E-state index is 10.0. The van der Waals surface area contributed by atoms with Crippen LogP contribution in [0.4, 0.5) is 0 Å². The SMILES string of the molecule is [C-]#[N+]CC(O)CC(N)=O. The fourth-order valence-corrected chi connectivity index (χ4v) is 0.402. The van der Waals surface area contributed by atoms with Gasteiger partial charge in [-0.2, -0.15) is 0 Å². The molecule has 9 heavy (non-hydrogen) atoms. The van der Waals surface area contributed by atoms with E-state index < -0.39 is 12.0 Å². The number of hydrogen-bond donors (Lipinski definition) is 2. The van der Waals surface area contributed by atoms with E-state index in [1.165, 1.54) is 0 Å². The molecular weight excluding hydrogens is 120 g/mol. The molecule has 1 atom stereocenters. The first kappa shape index (κ1) is 7.92. The van der Waals surface area contributed by atoms with Crippen molar-refractivity contribution in [1.29, 1.82) is 0 Å². The van der Waals surface area contributed by atoms with Crippen molar-refractivity contribution in [3.8, 4) is 0 Å². The molecule has 4 heteroatoms. The van der Waals surface area contributed by atoms with Crippen LogP contribution >= 0.6 is 0 Å². The molecule has 3 N–H and O–H groups in total. The molecule has 0 aromatic carbocycles. The normalized spacial score (nSPS) is 12.0. The molecule has 0 aliphatic carbocycles. The van der Waals surface area contributed by atoms with E-state index in [2.05, 4.69) is 4.85 Å². The topological polar surface area (TPSA) is 67.7 Å². The lowest BCUT2D eigenvalue weighted by Crippen LogP contribution is -2.21. The van der Waals surface area contributed by atoms with E-state index in [0.29, 0.717) is 0 Å². The highest BCUT2D eigenvalue weighted by Gasteiger charge is 2.08. The van der Waals surface area contributed by atoms with Gasteiger partial charge in [0.2, 0.25) is 12.5 Å². The summed E-state index contributed by atoms with van der Waals surface area (Å²) in [5.41, 5.74) is 4.72. The third-order valence-corrected chi connectivity index (χ3v) is 0.739. The van der Waals surface area contributed by atoms with Crippen LogP contribution in [0.5, 0.6) is 0 Å². The minimum atomic E-state index is -0.889. The lowest BCUT2D eigenvalue weighted by atomic mass is 10.2. The molecule has 1 unspecified atom stereocenters. The number of nitrogens with two attached hydrogens (primary N) is 1. The summed E-state index contributed by atoms with van der Waals surface area (Å²) in [6.07, 6.45) is -1.01. The molecule has 0 aliphatic heterocycles. The molecule has 0 rings (SSSR count). The monoisotopic (exact) mass is 128 g/mol. The highest BCUT2D eigenvalue weighted by molar-refractivity contribution is 5.74. The van der Waals surface area contributed by atoms with Crippen molar-refractivity contribution >= 4 is 5.91 Å². The Kier molecular flexibility index (Phi) is 3.40. The second kappa shape index (κ2) is 3.87. The number of rotatable bonds is 3. The van der Waals surface area contributed by atoms with E-state index >= 15 is 0 Å². The summed E-state index contributed by atoms with van der Waals surface area (Å²) >= 11 is 0. The second-order valence-electron chi connectivity index (χ2n) is 1.66. The number of carbonyl (C=O) groups is 1. The van der Waals surface area contributed by atoms with E-state index in [9.17, 15) is 4.79 Å². The van der Waals surface area contributed by atoms with Crippen molar-refractivity contribution in [2.24, 2.45) is 5.73 Å². The predicted molar refractivity (Wildman–Crippen MR) is 31.3 cm³/mol. The van der Waals surface area contributed by atoms with Gasteiger partial charge in [0.25, 0.3) is 0 Å². The first-order chi connectivity index (χ1) is 4.16.